The number of fused-ring (bicyclic) bond motifs is 3. The minimum absolute atomic E-state index is 0.0401. The summed E-state index contributed by atoms with van der Waals surface area (Å²) in [6.45, 7) is 3.38. The van der Waals surface area contributed by atoms with Crippen molar-refractivity contribution < 1.29 is 9.21 Å². The van der Waals surface area contributed by atoms with Crippen LogP contribution in [0.3, 0.4) is 0 Å². The van der Waals surface area contributed by atoms with Crippen LogP contribution in [0.1, 0.15) is 23.2 Å². The fraction of sp³-hybridized carbons (Fsp3) is 0.389. The maximum atomic E-state index is 12.5. The first-order valence-electron chi connectivity index (χ1n) is 8.12. The Hall–Kier alpha value is -1.72. The molecule has 0 aliphatic carbocycles. The number of hydrogen-bond donors (Lipinski definition) is 1. The average molecular weight is 328 g/mol. The number of benzene rings is 1. The number of carbonyl (C=O) groups excluding carboxylic acids is 1. The largest absolute Gasteiger partial charge is 0.458 e. The second kappa shape index (κ2) is 6.42. The first-order chi connectivity index (χ1) is 11.3. The second-order valence-corrected chi connectivity index (χ2v) is 7.35. The summed E-state index contributed by atoms with van der Waals surface area (Å²) in [5.41, 5.74) is 0.727. The van der Waals surface area contributed by atoms with Crippen molar-refractivity contribution in [3.63, 3.8) is 0 Å². The van der Waals surface area contributed by atoms with E-state index in [1.807, 2.05) is 36.4 Å². The van der Waals surface area contributed by atoms with Gasteiger partial charge >= 0.3 is 0 Å². The number of furan rings is 1. The third kappa shape index (κ3) is 3.31. The second-order valence-electron chi connectivity index (χ2n) is 6.28. The molecular formula is C18H20N2O2S. The third-order valence-corrected chi connectivity index (χ3v) is 5.74. The smallest absolute Gasteiger partial charge is 0.251 e. The highest BCUT2D eigenvalue weighted by Gasteiger charge is 2.34. The molecule has 3 fully saturated rings. The van der Waals surface area contributed by atoms with Gasteiger partial charge in [-0.1, -0.05) is 11.8 Å². The lowest BCUT2D eigenvalue weighted by Crippen LogP contribution is -2.57. The molecule has 1 atom stereocenters. The highest BCUT2D eigenvalue weighted by atomic mass is 32.2. The van der Waals surface area contributed by atoms with Crippen molar-refractivity contribution in [2.45, 2.75) is 28.9 Å². The molecule has 120 valence electrons. The lowest BCUT2D eigenvalue weighted by Gasteiger charge is -2.44. The van der Waals surface area contributed by atoms with Crippen LogP contribution in [0, 0.1) is 5.92 Å². The maximum absolute atomic E-state index is 12.5. The molecule has 0 unspecified atom stereocenters. The summed E-state index contributed by atoms with van der Waals surface area (Å²) in [6, 6.07) is 11.8. The van der Waals surface area contributed by atoms with Crippen LogP contribution in [0.4, 0.5) is 0 Å². The Balaban J connectivity index is 1.38. The number of piperidine rings is 3. The summed E-state index contributed by atoms with van der Waals surface area (Å²) in [4.78, 5) is 16.0. The third-order valence-electron chi connectivity index (χ3n) is 4.80. The predicted molar refractivity (Wildman–Crippen MR) is 89.7 cm³/mol. The van der Waals surface area contributed by atoms with Crippen molar-refractivity contribution in [1.82, 2.24) is 10.2 Å². The van der Waals surface area contributed by atoms with E-state index >= 15 is 0 Å². The van der Waals surface area contributed by atoms with Crippen molar-refractivity contribution in [1.29, 1.82) is 0 Å². The molecule has 0 radical (unpaired) electrons. The Morgan fingerprint density at radius 2 is 1.96 bits per heavy atom. The lowest BCUT2D eigenvalue weighted by atomic mass is 9.84. The van der Waals surface area contributed by atoms with Gasteiger partial charge in [0.25, 0.3) is 5.91 Å². The number of hydrogen-bond acceptors (Lipinski definition) is 4. The molecule has 5 rings (SSSR count). The average Bonchev–Trinajstić information content (AvgIpc) is 3.09. The van der Waals surface area contributed by atoms with E-state index in [1.165, 1.54) is 25.9 Å². The Morgan fingerprint density at radius 3 is 2.57 bits per heavy atom. The molecule has 5 heteroatoms. The van der Waals surface area contributed by atoms with Gasteiger partial charge < -0.3 is 14.6 Å². The zero-order valence-electron chi connectivity index (χ0n) is 12.9. The SMILES string of the molecule is O=C(N[C@H]1CN2CCC1CC2)c1ccc(Sc2ccco2)cc1. The summed E-state index contributed by atoms with van der Waals surface area (Å²) in [5.74, 6) is 0.691. The molecule has 3 aliphatic rings. The number of amides is 1. The highest BCUT2D eigenvalue weighted by molar-refractivity contribution is 7.99. The van der Waals surface area contributed by atoms with E-state index in [0.29, 0.717) is 12.0 Å². The van der Waals surface area contributed by atoms with Crippen molar-refractivity contribution in [3.8, 4) is 0 Å². The van der Waals surface area contributed by atoms with Gasteiger partial charge in [0, 0.05) is 23.0 Å². The molecular weight excluding hydrogens is 308 g/mol. The topological polar surface area (TPSA) is 45.5 Å². The zero-order valence-corrected chi connectivity index (χ0v) is 13.7. The van der Waals surface area contributed by atoms with Gasteiger partial charge in [-0.2, -0.15) is 0 Å². The first-order valence-corrected chi connectivity index (χ1v) is 8.94. The van der Waals surface area contributed by atoms with E-state index in [2.05, 4.69) is 10.2 Å². The molecule has 3 aliphatic heterocycles. The van der Waals surface area contributed by atoms with Crippen LogP contribution in [-0.4, -0.2) is 36.5 Å². The number of rotatable bonds is 4. The van der Waals surface area contributed by atoms with E-state index in [-0.39, 0.29) is 5.91 Å². The quantitative estimate of drug-likeness (QED) is 0.936. The Kier molecular flexibility index (Phi) is 4.14. The van der Waals surface area contributed by atoms with Gasteiger partial charge in [-0.3, -0.25) is 4.79 Å². The molecule has 4 nitrogen and oxygen atoms in total. The van der Waals surface area contributed by atoms with Crippen molar-refractivity contribution in [2.24, 2.45) is 5.92 Å². The van der Waals surface area contributed by atoms with Crippen LogP contribution in [0.25, 0.3) is 0 Å². The number of nitrogens with one attached hydrogen (secondary N) is 1. The maximum Gasteiger partial charge on any atom is 0.251 e. The summed E-state index contributed by atoms with van der Waals surface area (Å²) in [7, 11) is 0. The normalized spacial score (nSPS) is 26.2. The minimum Gasteiger partial charge on any atom is -0.458 e. The predicted octanol–water partition coefficient (Wildman–Crippen LogP) is 3.25. The van der Waals surface area contributed by atoms with Crippen LogP contribution in [0.5, 0.6) is 0 Å². The fourth-order valence-corrected chi connectivity index (χ4v) is 4.25. The zero-order chi connectivity index (χ0) is 15.6. The molecule has 4 heterocycles. The Morgan fingerprint density at radius 1 is 1.17 bits per heavy atom. The molecule has 1 N–H and O–H groups in total. The van der Waals surface area contributed by atoms with Gasteiger partial charge in [0.1, 0.15) is 0 Å². The van der Waals surface area contributed by atoms with Gasteiger partial charge in [0.05, 0.1) is 6.26 Å². The van der Waals surface area contributed by atoms with Gasteiger partial charge in [-0.25, -0.2) is 0 Å². The van der Waals surface area contributed by atoms with E-state index < -0.39 is 0 Å². The van der Waals surface area contributed by atoms with Crippen LogP contribution >= 0.6 is 11.8 Å². The molecule has 3 saturated heterocycles. The molecule has 0 spiro atoms. The monoisotopic (exact) mass is 328 g/mol. The van der Waals surface area contributed by atoms with Crippen molar-refractivity contribution in [2.75, 3.05) is 19.6 Å². The van der Waals surface area contributed by atoms with Crippen molar-refractivity contribution >= 4 is 17.7 Å². The van der Waals surface area contributed by atoms with E-state index in [4.69, 9.17) is 4.42 Å². The molecule has 2 bridgehead atoms. The van der Waals surface area contributed by atoms with Crippen LogP contribution in [0.15, 0.2) is 57.1 Å². The Bertz CT molecular complexity index is 661. The summed E-state index contributed by atoms with van der Waals surface area (Å²) >= 11 is 1.56. The molecule has 1 aromatic heterocycles. The van der Waals surface area contributed by atoms with Crippen LogP contribution in [0.2, 0.25) is 0 Å². The highest BCUT2D eigenvalue weighted by Crippen LogP contribution is 2.29. The first kappa shape index (κ1) is 14.8. The molecule has 1 amide bonds. The fourth-order valence-electron chi connectivity index (χ4n) is 3.49. The summed E-state index contributed by atoms with van der Waals surface area (Å²) in [5, 5.41) is 4.08. The minimum atomic E-state index is 0.0401. The summed E-state index contributed by atoms with van der Waals surface area (Å²) in [6.07, 6.45) is 4.09. The van der Waals surface area contributed by atoms with E-state index in [0.717, 1.165) is 22.1 Å². The van der Waals surface area contributed by atoms with E-state index in [1.54, 1.807) is 18.0 Å². The molecule has 1 aromatic carbocycles. The number of carbonyl (C=O) groups is 1. The molecule has 0 saturated carbocycles. The molecule has 23 heavy (non-hydrogen) atoms. The van der Waals surface area contributed by atoms with E-state index in [9.17, 15) is 4.79 Å². The van der Waals surface area contributed by atoms with Gasteiger partial charge in [-0.05, 0) is 68.2 Å². The van der Waals surface area contributed by atoms with Gasteiger partial charge in [0.15, 0.2) is 5.09 Å². The Labute approximate surface area is 140 Å². The summed E-state index contributed by atoms with van der Waals surface area (Å²) < 4.78 is 5.32. The van der Waals surface area contributed by atoms with Gasteiger partial charge in [-0.15, -0.1) is 0 Å². The van der Waals surface area contributed by atoms with Crippen LogP contribution < -0.4 is 5.32 Å². The number of nitrogens with zero attached hydrogens (tertiary/aromatic N) is 1. The lowest BCUT2D eigenvalue weighted by molar-refractivity contribution is 0.0620. The standard InChI is InChI=1S/C18H20N2O2S/c21-18(19-16-12-20-9-7-13(16)8-10-20)14-3-5-15(6-4-14)23-17-2-1-11-22-17/h1-6,11,13,16H,7-10,12H2,(H,19,21)/t16-/m0/s1. The molecule has 2 aromatic rings. The van der Waals surface area contributed by atoms with Crippen molar-refractivity contribution in [3.05, 3.63) is 48.2 Å². The van der Waals surface area contributed by atoms with Gasteiger partial charge in [0.2, 0.25) is 0 Å². The van der Waals surface area contributed by atoms with Crippen LogP contribution in [-0.2, 0) is 0 Å².